The Labute approximate surface area is 166 Å². The number of piperazine rings is 1. The molecule has 0 N–H and O–H groups in total. The summed E-state index contributed by atoms with van der Waals surface area (Å²) in [5.41, 5.74) is 1.17. The summed E-state index contributed by atoms with van der Waals surface area (Å²) in [6.07, 6.45) is 0. The van der Waals surface area contributed by atoms with Crippen molar-refractivity contribution in [2.45, 2.75) is 10.9 Å². The Morgan fingerprint density at radius 1 is 1.07 bits per heavy atom. The Balaban J connectivity index is 0.00000261. The molecule has 0 amide bonds. The average Bonchev–Trinajstić information content (AvgIpc) is 2.68. The van der Waals surface area contributed by atoms with Gasteiger partial charge in [0, 0.05) is 19.6 Å². The molecule has 0 bridgehead atoms. The zero-order valence-electron chi connectivity index (χ0n) is 15.2. The van der Waals surface area contributed by atoms with Crippen molar-refractivity contribution >= 4 is 28.4 Å². The molecule has 0 aromatic heterocycles. The molecule has 1 fully saturated rings. The van der Waals surface area contributed by atoms with Crippen LogP contribution < -0.4 is 0 Å². The summed E-state index contributed by atoms with van der Waals surface area (Å²) >= 11 is 0. The molecule has 1 heterocycles. The third-order valence-corrected chi connectivity index (χ3v) is 6.48. The second-order valence-corrected chi connectivity index (χ2v) is 8.21. The van der Waals surface area contributed by atoms with E-state index in [0.717, 1.165) is 5.56 Å². The number of nitrogens with zero attached hydrogens (tertiary/aromatic N) is 2. The predicted molar refractivity (Wildman–Crippen MR) is 106 cm³/mol. The van der Waals surface area contributed by atoms with Crippen molar-refractivity contribution in [3.8, 4) is 0 Å². The lowest BCUT2D eigenvalue weighted by molar-refractivity contribution is 0.0600. The van der Waals surface area contributed by atoms with Gasteiger partial charge >= 0.3 is 5.97 Å². The van der Waals surface area contributed by atoms with Gasteiger partial charge in [-0.2, -0.15) is 4.31 Å². The summed E-state index contributed by atoms with van der Waals surface area (Å²) in [4.78, 5) is 14.0. The molecule has 0 spiro atoms. The van der Waals surface area contributed by atoms with Crippen LogP contribution in [-0.4, -0.2) is 57.4 Å². The van der Waals surface area contributed by atoms with Gasteiger partial charge in [-0.1, -0.05) is 36.4 Å². The van der Waals surface area contributed by atoms with E-state index in [9.17, 15) is 13.2 Å². The Hall–Kier alpha value is -1.93. The quantitative estimate of drug-likeness (QED) is 0.725. The Morgan fingerprint density at radius 2 is 1.78 bits per heavy atom. The van der Waals surface area contributed by atoms with Gasteiger partial charge < -0.3 is 9.64 Å². The SMILES string of the molecule is COC(=O)c1cccc(S(=O)(=O)N2CCN(C)CC2c2ccccc2)c1.Cl. The first-order valence-corrected chi connectivity index (χ1v) is 9.81. The second-order valence-electron chi connectivity index (χ2n) is 6.32. The van der Waals surface area contributed by atoms with Gasteiger partial charge in [0.1, 0.15) is 0 Å². The maximum atomic E-state index is 13.3. The minimum atomic E-state index is -3.75. The molecule has 2 aromatic carbocycles. The highest BCUT2D eigenvalue weighted by Crippen LogP contribution is 2.31. The van der Waals surface area contributed by atoms with Gasteiger partial charge in [-0.3, -0.25) is 0 Å². The van der Waals surface area contributed by atoms with Gasteiger partial charge in [-0.05, 0) is 30.8 Å². The van der Waals surface area contributed by atoms with E-state index in [2.05, 4.69) is 4.90 Å². The van der Waals surface area contributed by atoms with Crippen LogP contribution in [0.1, 0.15) is 22.0 Å². The fourth-order valence-corrected chi connectivity index (χ4v) is 4.82. The average molecular weight is 411 g/mol. The van der Waals surface area contributed by atoms with Crippen LogP contribution in [-0.2, 0) is 14.8 Å². The van der Waals surface area contributed by atoms with Crippen molar-refractivity contribution in [3.05, 3.63) is 65.7 Å². The Kier molecular flexibility index (Phi) is 7.00. The van der Waals surface area contributed by atoms with Crippen molar-refractivity contribution < 1.29 is 17.9 Å². The number of sulfonamides is 1. The Bertz CT molecular complexity index is 890. The summed E-state index contributed by atoms with van der Waals surface area (Å²) in [5, 5.41) is 0. The van der Waals surface area contributed by atoms with Crippen molar-refractivity contribution in [2.24, 2.45) is 0 Å². The molecule has 3 rings (SSSR count). The van der Waals surface area contributed by atoms with Gasteiger partial charge in [0.15, 0.2) is 0 Å². The van der Waals surface area contributed by atoms with E-state index >= 15 is 0 Å². The van der Waals surface area contributed by atoms with Gasteiger partial charge in [-0.15, -0.1) is 12.4 Å². The van der Waals surface area contributed by atoms with Crippen LogP contribution in [0.3, 0.4) is 0 Å². The van der Waals surface area contributed by atoms with Gasteiger partial charge in [-0.25, -0.2) is 13.2 Å². The molecular formula is C19H23ClN2O4S. The number of ether oxygens (including phenoxy) is 1. The molecule has 6 nitrogen and oxygen atoms in total. The fraction of sp³-hybridized carbons (Fsp3) is 0.316. The molecule has 1 unspecified atom stereocenters. The summed E-state index contributed by atoms with van der Waals surface area (Å²) < 4.78 is 32.8. The number of esters is 1. The lowest BCUT2D eigenvalue weighted by atomic mass is 10.1. The number of methoxy groups -OCH3 is 1. The van der Waals surface area contributed by atoms with E-state index in [0.29, 0.717) is 19.6 Å². The summed E-state index contributed by atoms with van der Waals surface area (Å²) in [6.45, 7) is 1.65. The molecular weight excluding hydrogens is 388 g/mol. The van der Waals surface area contributed by atoms with Gasteiger partial charge in [0.2, 0.25) is 10.0 Å². The lowest BCUT2D eigenvalue weighted by Crippen LogP contribution is -2.49. The molecule has 1 aliphatic rings. The predicted octanol–water partition coefficient (Wildman–Crippen LogP) is 2.57. The van der Waals surface area contributed by atoms with Crippen molar-refractivity contribution in [2.75, 3.05) is 33.8 Å². The maximum Gasteiger partial charge on any atom is 0.337 e. The van der Waals surface area contributed by atoms with E-state index in [-0.39, 0.29) is 28.9 Å². The Morgan fingerprint density at radius 3 is 2.44 bits per heavy atom. The number of carbonyl (C=O) groups excluding carboxylic acids is 1. The first-order valence-electron chi connectivity index (χ1n) is 8.37. The molecule has 0 saturated carbocycles. The number of carbonyl (C=O) groups is 1. The summed E-state index contributed by atoms with van der Waals surface area (Å²) in [5.74, 6) is -0.556. The first-order chi connectivity index (χ1) is 12.4. The smallest absolute Gasteiger partial charge is 0.337 e. The van der Waals surface area contributed by atoms with E-state index in [1.165, 1.54) is 23.5 Å². The number of halogens is 1. The molecule has 0 aliphatic carbocycles. The van der Waals surface area contributed by atoms with E-state index in [1.807, 2.05) is 37.4 Å². The molecule has 2 aromatic rings. The van der Waals surface area contributed by atoms with Crippen LogP contribution in [0.5, 0.6) is 0 Å². The van der Waals surface area contributed by atoms with Crippen molar-refractivity contribution in [1.82, 2.24) is 9.21 Å². The molecule has 1 saturated heterocycles. The zero-order valence-corrected chi connectivity index (χ0v) is 16.9. The van der Waals surface area contributed by atoms with Crippen molar-refractivity contribution in [3.63, 3.8) is 0 Å². The van der Waals surface area contributed by atoms with Crippen LogP contribution >= 0.6 is 12.4 Å². The van der Waals surface area contributed by atoms with E-state index < -0.39 is 16.0 Å². The van der Waals surface area contributed by atoms with Crippen LogP contribution in [0, 0.1) is 0 Å². The van der Waals surface area contributed by atoms with E-state index in [1.54, 1.807) is 12.1 Å². The number of hydrogen-bond donors (Lipinski definition) is 0. The lowest BCUT2D eigenvalue weighted by Gasteiger charge is -2.39. The largest absolute Gasteiger partial charge is 0.465 e. The third kappa shape index (κ3) is 4.50. The standard InChI is InChI=1S/C19H22N2O4S.ClH/c1-20-11-12-21(18(14-20)15-7-4-3-5-8-15)26(23,24)17-10-6-9-16(13-17)19(22)25-2;/h3-10,13,18H,11-12,14H2,1-2H3;1H. The number of benzene rings is 2. The number of rotatable bonds is 4. The molecule has 27 heavy (non-hydrogen) atoms. The second kappa shape index (κ2) is 8.84. The molecule has 0 radical (unpaired) electrons. The van der Waals surface area contributed by atoms with Crippen molar-refractivity contribution in [1.29, 1.82) is 0 Å². The molecule has 8 heteroatoms. The number of hydrogen-bond acceptors (Lipinski definition) is 5. The fourth-order valence-electron chi connectivity index (χ4n) is 3.17. The maximum absolute atomic E-state index is 13.3. The topological polar surface area (TPSA) is 66.9 Å². The third-order valence-electron chi connectivity index (χ3n) is 4.58. The van der Waals surface area contributed by atoms with Crippen LogP contribution in [0.15, 0.2) is 59.5 Å². The first kappa shape index (κ1) is 21.4. The van der Waals surface area contributed by atoms with Gasteiger partial charge in [0.25, 0.3) is 0 Å². The summed E-state index contributed by atoms with van der Waals surface area (Å²) in [7, 11) is -0.491. The molecule has 146 valence electrons. The van der Waals surface area contributed by atoms with E-state index in [4.69, 9.17) is 4.74 Å². The van der Waals surface area contributed by atoms with Crippen LogP contribution in [0.2, 0.25) is 0 Å². The molecule has 1 atom stereocenters. The van der Waals surface area contributed by atoms with Gasteiger partial charge in [0.05, 0.1) is 23.6 Å². The van der Waals surface area contributed by atoms with Crippen LogP contribution in [0.4, 0.5) is 0 Å². The summed E-state index contributed by atoms with van der Waals surface area (Å²) in [6, 6.07) is 15.3. The minimum Gasteiger partial charge on any atom is -0.465 e. The molecule has 1 aliphatic heterocycles. The monoisotopic (exact) mass is 410 g/mol. The zero-order chi connectivity index (χ0) is 18.7. The van der Waals surface area contributed by atoms with Crippen LogP contribution in [0.25, 0.3) is 0 Å². The number of likely N-dealkylation sites (N-methyl/N-ethyl adjacent to an activating group) is 1. The highest BCUT2D eigenvalue weighted by atomic mass is 35.5. The normalized spacial score (nSPS) is 18.5. The minimum absolute atomic E-state index is 0. The highest BCUT2D eigenvalue weighted by molar-refractivity contribution is 7.89. The highest BCUT2D eigenvalue weighted by Gasteiger charge is 2.36.